The van der Waals surface area contributed by atoms with Crippen LogP contribution in [0.4, 0.5) is 5.82 Å². The molecule has 1 aliphatic heterocycles. The minimum absolute atomic E-state index is 0.210. The van der Waals surface area contributed by atoms with Crippen molar-refractivity contribution in [2.75, 3.05) is 18.5 Å². The molecule has 0 unspecified atom stereocenters. The van der Waals surface area contributed by atoms with E-state index in [1.54, 1.807) is 4.57 Å². The van der Waals surface area contributed by atoms with E-state index >= 15 is 0 Å². The highest BCUT2D eigenvalue weighted by Gasteiger charge is 2.46. The van der Waals surface area contributed by atoms with Crippen LogP contribution in [0.3, 0.4) is 0 Å². The molecule has 5 N–H and O–H groups in total. The van der Waals surface area contributed by atoms with Gasteiger partial charge in [-0.15, -0.1) is 0 Å². The van der Waals surface area contributed by atoms with Gasteiger partial charge < -0.3 is 35.3 Å². The molecule has 1 amide bonds. The van der Waals surface area contributed by atoms with E-state index in [1.807, 2.05) is 54.7 Å². The topological polar surface area (TPSA) is 159 Å². The van der Waals surface area contributed by atoms with Crippen molar-refractivity contribution in [2.24, 2.45) is 0 Å². The average Bonchev–Trinajstić information content (AvgIpc) is 3.79. The average molecular weight is 689 g/mol. The first kappa shape index (κ1) is 31.9. The molecule has 7 rings (SSSR count). The Hall–Kier alpha value is -4.72. The third-order valence-corrected chi connectivity index (χ3v) is 8.72. The number of benzene rings is 3. The number of rotatable bonds is 11. The van der Waals surface area contributed by atoms with E-state index < -0.39 is 37.0 Å². The molecule has 3 aromatic heterocycles. The fraction of sp³-hybridized carbons (Fsp3) is 0.235. The number of ether oxygens (including phenoxy) is 2. The largest absolute Gasteiger partial charge is 0.489 e. The standard InChI is InChI=1S/C34H31Cl2N7O5/c35-22-10-21(11-23(36)12-22)33(46)42-28-30(45)27(15-44)48-34(28)43-18-41-29-31(39-17-40-32(29)43)37-9-8-20-14-38-26-7-6-24(13-25(20)26)47-16-19-4-2-1-3-5-19/h1-7,10-14,17-18,27-28,30,34,38,44-45H,8-9,15-16H2,(H,42,46)(H,37,39,40)/t27-,28-,30-,34-/m1/s1. The van der Waals surface area contributed by atoms with Gasteiger partial charge in [0.25, 0.3) is 5.91 Å². The van der Waals surface area contributed by atoms with Crippen molar-refractivity contribution in [3.63, 3.8) is 0 Å². The summed E-state index contributed by atoms with van der Waals surface area (Å²) in [5, 5.41) is 28.7. The second-order valence-electron chi connectivity index (χ2n) is 11.4. The van der Waals surface area contributed by atoms with E-state index in [4.69, 9.17) is 32.7 Å². The van der Waals surface area contributed by atoms with Gasteiger partial charge in [0, 0.05) is 39.3 Å². The summed E-state index contributed by atoms with van der Waals surface area (Å²) in [6.45, 7) is 0.572. The van der Waals surface area contributed by atoms with Crippen molar-refractivity contribution in [1.82, 2.24) is 29.8 Å². The molecule has 1 aliphatic rings. The number of aliphatic hydroxyl groups excluding tert-OH is 2. The number of aromatic nitrogens is 5. The summed E-state index contributed by atoms with van der Waals surface area (Å²) >= 11 is 12.2. The molecule has 48 heavy (non-hydrogen) atoms. The molecule has 12 nitrogen and oxygen atoms in total. The molecule has 0 aliphatic carbocycles. The molecule has 1 saturated heterocycles. The number of amides is 1. The van der Waals surface area contributed by atoms with Crippen molar-refractivity contribution in [3.05, 3.63) is 112 Å². The zero-order chi connectivity index (χ0) is 33.2. The first-order valence-electron chi connectivity index (χ1n) is 15.3. The Bertz CT molecular complexity index is 2050. The zero-order valence-electron chi connectivity index (χ0n) is 25.4. The first-order chi connectivity index (χ1) is 23.4. The lowest BCUT2D eigenvalue weighted by Gasteiger charge is -2.23. The van der Waals surface area contributed by atoms with E-state index in [2.05, 4.69) is 30.6 Å². The number of aromatic amines is 1. The Morgan fingerprint density at radius 3 is 2.65 bits per heavy atom. The SMILES string of the molecule is O=C(N[C@@H]1[C@H](O)[C@@H](CO)O[C@H]1n1cnc2c(NCCc3c[nH]c4ccc(OCc5ccccc5)cc34)ncnc21)c1cc(Cl)cc(Cl)c1. The van der Waals surface area contributed by atoms with Gasteiger partial charge in [-0.3, -0.25) is 9.36 Å². The predicted octanol–water partition coefficient (Wildman–Crippen LogP) is 4.90. The Labute approximate surface area is 284 Å². The number of anilines is 1. The van der Waals surface area contributed by atoms with E-state index in [9.17, 15) is 15.0 Å². The van der Waals surface area contributed by atoms with Gasteiger partial charge in [0.05, 0.1) is 12.9 Å². The fourth-order valence-corrected chi connectivity index (χ4v) is 6.41. The van der Waals surface area contributed by atoms with Crippen LogP contribution in [-0.2, 0) is 17.8 Å². The Morgan fingerprint density at radius 1 is 1.04 bits per heavy atom. The summed E-state index contributed by atoms with van der Waals surface area (Å²) in [6.07, 6.45) is 2.47. The molecule has 4 heterocycles. The maximum absolute atomic E-state index is 13.2. The molecule has 1 fully saturated rings. The minimum atomic E-state index is -1.23. The van der Waals surface area contributed by atoms with E-state index in [-0.39, 0.29) is 5.56 Å². The highest BCUT2D eigenvalue weighted by molar-refractivity contribution is 6.35. The van der Waals surface area contributed by atoms with Gasteiger partial charge in [-0.05, 0) is 53.9 Å². The van der Waals surface area contributed by atoms with Crippen molar-refractivity contribution in [1.29, 1.82) is 0 Å². The smallest absolute Gasteiger partial charge is 0.251 e. The lowest BCUT2D eigenvalue weighted by Crippen LogP contribution is -2.46. The number of nitrogens with zero attached hydrogens (tertiary/aromatic N) is 4. The Morgan fingerprint density at radius 2 is 1.85 bits per heavy atom. The number of imidazole rings is 1. The molecule has 0 radical (unpaired) electrons. The molecule has 3 aromatic carbocycles. The fourth-order valence-electron chi connectivity index (χ4n) is 5.89. The predicted molar refractivity (Wildman–Crippen MR) is 181 cm³/mol. The maximum Gasteiger partial charge on any atom is 0.251 e. The molecule has 4 atom stereocenters. The normalized spacial score (nSPS) is 19.2. The Kier molecular flexibility index (Phi) is 9.15. The van der Waals surface area contributed by atoms with Gasteiger partial charge in [0.2, 0.25) is 0 Å². The molecule has 0 bridgehead atoms. The van der Waals surface area contributed by atoms with E-state index in [0.29, 0.717) is 46.6 Å². The summed E-state index contributed by atoms with van der Waals surface area (Å²) in [4.78, 5) is 29.9. The number of carbonyl (C=O) groups excluding carboxylic acids is 1. The van der Waals surface area contributed by atoms with Crippen LogP contribution < -0.4 is 15.4 Å². The highest BCUT2D eigenvalue weighted by atomic mass is 35.5. The third kappa shape index (κ3) is 6.53. The van der Waals surface area contributed by atoms with Gasteiger partial charge in [0.1, 0.15) is 36.9 Å². The van der Waals surface area contributed by atoms with E-state index in [1.165, 1.54) is 30.9 Å². The lowest BCUT2D eigenvalue weighted by atomic mass is 10.1. The monoisotopic (exact) mass is 687 g/mol. The summed E-state index contributed by atoms with van der Waals surface area (Å²) in [5.41, 5.74) is 4.33. The minimum Gasteiger partial charge on any atom is -0.489 e. The van der Waals surface area contributed by atoms with Gasteiger partial charge in [0.15, 0.2) is 23.2 Å². The van der Waals surface area contributed by atoms with E-state index in [0.717, 1.165) is 27.8 Å². The van der Waals surface area contributed by atoms with Crippen LogP contribution in [-0.4, -0.2) is 72.0 Å². The second kappa shape index (κ2) is 13.8. The number of halogens is 2. The maximum atomic E-state index is 13.2. The van der Waals surface area contributed by atoms with Crippen LogP contribution in [0.15, 0.2) is 85.6 Å². The van der Waals surface area contributed by atoms with Crippen molar-refractivity contribution < 1.29 is 24.5 Å². The molecule has 6 aromatic rings. The number of H-pyrrole nitrogens is 1. The number of hydrogen-bond donors (Lipinski definition) is 5. The van der Waals surface area contributed by atoms with Crippen molar-refractivity contribution in [2.45, 2.75) is 37.5 Å². The highest BCUT2D eigenvalue weighted by Crippen LogP contribution is 2.33. The number of fused-ring (bicyclic) bond motifs is 2. The molecule has 0 saturated carbocycles. The summed E-state index contributed by atoms with van der Waals surface area (Å²) in [6, 6.07) is 19.5. The zero-order valence-corrected chi connectivity index (χ0v) is 26.9. The van der Waals surface area contributed by atoms with Crippen LogP contribution >= 0.6 is 23.2 Å². The summed E-state index contributed by atoms with van der Waals surface area (Å²) < 4.78 is 13.6. The van der Waals surface area contributed by atoms with Crippen LogP contribution in [0.2, 0.25) is 10.0 Å². The molecular formula is C34H31Cl2N7O5. The first-order valence-corrected chi connectivity index (χ1v) is 16.0. The second-order valence-corrected chi connectivity index (χ2v) is 12.3. The van der Waals surface area contributed by atoms with Gasteiger partial charge >= 0.3 is 0 Å². The van der Waals surface area contributed by atoms with Gasteiger partial charge in [-0.25, -0.2) is 15.0 Å². The quantitative estimate of drug-likeness (QED) is 0.128. The van der Waals surface area contributed by atoms with Crippen LogP contribution in [0.5, 0.6) is 5.75 Å². The van der Waals surface area contributed by atoms with Crippen molar-refractivity contribution in [3.8, 4) is 5.75 Å². The molecule has 14 heteroatoms. The number of hydrogen-bond acceptors (Lipinski definition) is 9. The summed E-state index contributed by atoms with van der Waals surface area (Å²) in [7, 11) is 0. The van der Waals surface area contributed by atoms with Gasteiger partial charge in [-0.2, -0.15) is 0 Å². The third-order valence-electron chi connectivity index (χ3n) is 8.28. The Balaban J connectivity index is 1.06. The van der Waals surface area contributed by atoms with Crippen LogP contribution in [0.1, 0.15) is 27.7 Å². The molecular weight excluding hydrogens is 657 g/mol. The van der Waals surface area contributed by atoms with Crippen molar-refractivity contribution >= 4 is 57.0 Å². The van der Waals surface area contributed by atoms with Gasteiger partial charge in [-0.1, -0.05) is 53.5 Å². The number of nitrogens with one attached hydrogen (secondary N) is 3. The molecule has 0 spiro atoms. The summed E-state index contributed by atoms with van der Waals surface area (Å²) in [5.74, 6) is 0.776. The molecule has 246 valence electrons. The van der Waals surface area contributed by atoms with Crippen LogP contribution in [0, 0.1) is 0 Å². The lowest BCUT2D eigenvalue weighted by molar-refractivity contribution is -0.0440. The number of aliphatic hydroxyl groups is 2. The number of carbonyl (C=O) groups is 1. The van der Waals surface area contributed by atoms with Crippen LogP contribution in [0.25, 0.3) is 22.1 Å².